The van der Waals surface area contributed by atoms with Gasteiger partial charge in [-0.2, -0.15) is 0 Å². The van der Waals surface area contributed by atoms with Gasteiger partial charge >= 0.3 is 0 Å². The van der Waals surface area contributed by atoms with Crippen LogP contribution in [0.4, 0.5) is 5.82 Å². The lowest BCUT2D eigenvalue weighted by atomic mass is 10.6. The first kappa shape index (κ1) is 7.78. The second-order valence-electron chi connectivity index (χ2n) is 2.63. The van der Waals surface area contributed by atoms with Gasteiger partial charge in [-0.1, -0.05) is 5.21 Å². The molecular formula is C7H10N6. The average molecular weight is 178 g/mol. The molecule has 0 aromatic carbocycles. The molecule has 0 aliphatic carbocycles. The van der Waals surface area contributed by atoms with Crippen molar-refractivity contribution in [2.24, 2.45) is 7.05 Å². The smallest absolute Gasteiger partial charge is 0.144 e. The summed E-state index contributed by atoms with van der Waals surface area (Å²) in [6.07, 6.45) is 5.18. The number of rotatable bonds is 3. The molecular weight excluding hydrogens is 168 g/mol. The molecule has 0 spiro atoms. The van der Waals surface area contributed by atoms with Crippen LogP contribution in [0, 0.1) is 0 Å². The van der Waals surface area contributed by atoms with Crippen LogP contribution in [0.25, 0.3) is 0 Å². The minimum absolute atomic E-state index is 0.647. The van der Waals surface area contributed by atoms with E-state index >= 15 is 0 Å². The number of imidazole rings is 1. The van der Waals surface area contributed by atoms with Crippen molar-refractivity contribution in [1.29, 1.82) is 0 Å². The third-order valence-corrected chi connectivity index (χ3v) is 1.71. The number of aromatic amines is 1. The molecule has 0 aliphatic rings. The normalized spacial score (nSPS) is 10.2. The lowest BCUT2D eigenvalue weighted by molar-refractivity contribution is 0.716. The quantitative estimate of drug-likeness (QED) is 0.701. The Morgan fingerprint density at radius 3 is 3.15 bits per heavy atom. The average Bonchev–Trinajstić information content (AvgIpc) is 2.72. The van der Waals surface area contributed by atoms with E-state index in [0.717, 1.165) is 11.6 Å². The summed E-state index contributed by atoms with van der Waals surface area (Å²) in [6.45, 7) is 0.647. The van der Waals surface area contributed by atoms with Crippen LogP contribution >= 0.6 is 0 Å². The van der Waals surface area contributed by atoms with Gasteiger partial charge in [-0.3, -0.25) is 0 Å². The highest BCUT2D eigenvalue weighted by Gasteiger charge is 1.99. The van der Waals surface area contributed by atoms with E-state index in [9.17, 15) is 0 Å². The Labute approximate surface area is 75.0 Å². The van der Waals surface area contributed by atoms with Crippen LogP contribution in [-0.2, 0) is 13.6 Å². The van der Waals surface area contributed by atoms with E-state index in [0.29, 0.717) is 6.54 Å². The molecule has 68 valence electrons. The highest BCUT2D eigenvalue weighted by molar-refractivity contribution is 5.30. The van der Waals surface area contributed by atoms with E-state index in [4.69, 9.17) is 0 Å². The number of aryl methyl sites for hydroxylation is 1. The monoisotopic (exact) mass is 178 g/mol. The zero-order chi connectivity index (χ0) is 9.10. The number of nitrogens with one attached hydrogen (secondary N) is 2. The summed E-state index contributed by atoms with van der Waals surface area (Å²) in [5, 5.41) is 10.7. The third kappa shape index (κ3) is 1.66. The molecule has 0 amide bonds. The maximum atomic E-state index is 4.08. The number of H-pyrrole nitrogens is 1. The topological polar surface area (TPSA) is 71.4 Å². The van der Waals surface area contributed by atoms with Crippen molar-refractivity contribution in [2.45, 2.75) is 6.54 Å². The summed E-state index contributed by atoms with van der Waals surface area (Å²) < 4.78 is 1.67. The summed E-state index contributed by atoms with van der Waals surface area (Å²) in [4.78, 5) is 7.07. The minimum atomic E-state index is 0.647. The predicted molar refractivity (Wildman–Crippen MR) is 46.9 cm³/mol. The molecule has 6 nitrogen and oxygen atoms in total. The maximum Gasteiger partial charge on any atom is 0.144 e. The number of hydrogen-bond donors (Lipinski definition) is 2. The zero-order valence-electron chi connectivity index (χ0n) is 7.23. The lowest BCUT2D eigenvalue weighted by Crippen LogP contribution is -2.05. The van der Waals surface area contributed by atoms with Crippen molar-refractivity contribution in [3.05, 3.63) is 24.4 Å². The van der Waals surface area contributed by atoms with Crippen molar-refractivity contribution in [3.63, 3.8) is 0 Å². The first-order valence-electron chi connectivity index (χ1n) is 3.93. The van der Waals surface area contributed by atoms with Crippen LogP contribution in [0.5, 0.6) is 0 Å². The molecule has 0 aliphatic heterocycles. The number of hydrogen-bond acceptors (Lipinski definition) is 4. The molecule has 2 aromatic rings. The van der Waals surface area contributed by atoms with E-state index in [-0.39, 0.29) is 0 Å². The van der Waals surface area contributed by atoms with Gasteiger partial charge in [0.2, 0.25) is 0 Å². The number of anilines is 1. The fourth-order valence-corrected chi connectivity index (χ4v) is 1.02. The van der Waals surface area contributed by atoms with E-state index in [1.807, 2.05) is 7.05 Å². The molecule has 13 heavy (non-hydrogen) atoms. The van der Waals surface area contributed by atoms with Crippen LogP contribution in [0.1, 0.15) is 5.82 Å². The largest absolute Gasteiger partial charge is 0.362 e. The van der Waals surface area contributed by atoms with Crippen LogP contribution in [-0.4, -0.2) is 25.0 Å². The van der Waals surface area contributed by atoms with E-state index in [1.165, 1.54) is 0 Å². The van der Waals surface area contributed by atoms with Gasteiger partial charge in [-0.05, 0) is 0 Å². The highest BCUT2D eigenvalue weighted by atomic mass is 15.4. The van der Waals surface area contributed by atoms with Crippen molar-refractivity contribution in [1.82, 2.24) is 25.0 Å². The van der Waals surface area contributed by atoms with Crippen LogP contribution in [0.2, 0.25) is 0 Å². The molecule has 2 rings (SSSR count). The Morgan fingerprint density at radius 2 is 2.54 bits per heavy atom. The Morgan fingerprint density at radius 1 is 1.62 bits per heavy atom. The second-order valence-corrected chi connectivity index (χ2v) is 2.63. The molecule has 2 aromatic heterocycles. The fourth-order valence-electron chi connectivity index (χ4n) is 1.02. The molecule has 0 saturated heterocycles. The molecule has 0 fully saturated rings. The molecule has 0 atom stereocenters. The van der Waals surface area contributed by atoms with Crippen molar-refractivity contribution in [3.8, 4) is 0 Å². The van der Waals surface area contributed by atoms with E-state index in [2.05, 4.69) is 25.6 Å². The standard InChI is InChI=1S/C7H10N6/c1-13-7(5-11-12-13)10-4-6-8-2-3-9-6/h2-3,5,10H,4H2,1H3,(H,8,9). The van der Waals surface area contributed by atoms with E-state index < -0.39 is 0 Å². The van der Waals surface area contributed by atoms with Gasteiger partial charge < -0.3 is 10.3 Å². The van der Waals surface area contributed by atoms with Crippen molar-refractivity contribution in [2.75, 3.05) is 5.32 Å². The Kier molecular flexibility index (Phi) is 1.95. The molecule has 6 heteroatoms. The zero-order valence-corrected chi connectivity index (χ0v) is 7.23. The SMILES string of the molecule is Cn1nncc1NCc1ncc[nH]1. The number of nitrogens with zero attached hydrogens (tertiary/aromatic N) is 4. The summed E-state index contributed by atoms with van der Waals surface area (Å²) in [7, 11) is 1.83. The van der Waals surface area contributed by atoms with Gasteiger partial charge in [0, 0.05) is 19.4 Å². The minimum Gasteiger partial charge on any atom is -0.362 e. The fraction of sp³-hybridized carbons (Fsp3) is 0.286. The Hall–Kier alpha value is -1.85. The summed E-state index contributed by atoms with van der Waals surface area (Å²) in [5.74, 6) is 1.76. The first-order chi connectivity index (χ1) is 6.36. The molecule has 0 bridgehead atoms. The van der Waals surface area contributed by atoms with Gasteiger partial charge in [0.15, 0.2) is 0 Å². The van der Waals surface area contributed by atoms with Crippen molar-refractivity contribution >= 4 is 5.82 Å². The van der Waals surface area contributed by atoms with Gasteiger partial charge in [-0.25, -0.2) is 9.67 Å². The second kappa shape index (κ2) is 3.26. The Bertz CT molecular complexity index is 362. The number of aromatic nitrogens is 5. The molecule has 0 radical (unpaired) electrons. The van der Waals surface area contributed by atoms with Gasteiger partial charge in [0.25, 0.3) is 0 Å². The van der Waals surface area contributed by atoms with E-state index in [1.54, 1.807) is 23.3 Å². The first-order valence-corrected chi connectivity index (χ1v) is 3.93. The van der Waals surface area contributed by atoms with Crippen LogP contribution in [0.15, 0.2) is 18.6 Å². The van der Waals surface area contributed by atoms with Crippen LogP contribution < -0.4 is 5.32 Å². The summed E-state index contributed by atoms with van der Waals surface area (Å²) in [5.41, 5.74) is 0. The molecule has 2 heterocycles. The van der Waals surface area contributed by atoms with Gasteiger partial charge in [-0.15, -0.1) is 5.10 Å². The van der Waals surface area contributed by atoms with Crippen LogP contribution in [0.3, 0.4) is 0 Å². The Balaban J connectivity index is 1.97. The summed E-state index contributed by atoms with van der Waals surface area (Å²) in [6, 6.07) is 0. The lowest BCUT2D eigenvalue weighted by Gasteiger charge is -2.01. The summed E-state index contributed by atoms with van der Waals surface area (Å²) >= 11 is 0. The molecule has 0 unspecified atom stereocenters. The van der Waals surface area contributed by atoms with Crippen molar-refractivity contribution < 1.29 is 0 Å². The highest BCUT2D eigenvalue weighted by Crippen LogP contribution is 2.02. The molecule has 0 saturated carbocycles. The third-order valence-electron chi connectivity index (χ3n) is 1.71. The maximum absolute atomic E-state index is 4.08. The molecule has 2 N–H and O–H groups in total. The predicted octanol–water partition coefficient (Wildman–Crippen LogP) is 0.150. The van der Waals surface area contributed by atoms with Gasteiger partial charge in [0.05, 0.1) is 12.7 Å². The van der Waals surface area contributed by atoms with Gasteiger partial charge in [0.1, 0.15) is 11.6 Å².